The predicted molar refractivity (Wildman–Crippen MR) is 202 cm³/mol. The number of epoxide rings is 1. The van der Waals surface area contributed by atoms with Crippen LogP contribution in [0.2, 0.25) is 0 Å². The lowest BCUT2D eigenvalue weighted by molar-refractivity contribution is -0.170. The van der Waals surface area contributed by atoms with E-state index in [1.54, 1.807) is 19.1 Å². The van der Waals surface area contributed by atoms with Gasteiger partial charge in [0.1, 0.15) is 51.6 Å². The van der Waals surface area contributed by atoms with Gasteiger partial charge in [0.2, 0.25) is 0 Å². The fraction of sp³-hybridized carbons (Fsp3) is 0.390. The summed E-state index contributed by atoms with van der Waals surface area (Å²) in [6.45, 7) is 6.77. The smallest absolute Gasteiger partial charge is 0.341 e. The van der Waals surface area contributed by atoms with Crippen molar-refractivity contribution in [1.29, 1.82) is 0 Å². The molecule has 5 aliphatic rings. The summed E-state index contributed by atoms with van der Waals surface area (Å²) in [4.78, 5) is 42.8. The van der Waals surface area contributed by atoms with Gasteiger partial charge in [-0.15, -0.1) is 0 Å². The number of hydrogen-bond donors (Lipinski definition) is 3. The molecule has 3 aromatic heterocycles. The zero-order valence-corrected chi connectivity index (χ0v) is 30.4. The van der Waals surface area contributed by atoms with Crippen LogP contribution in [0.4, 0.5) is 11.6 Å². The van der Waals surface area contributed by atoms with Crippen molar-refractivity contribution < 1.29 is 28.5 Å². The molecule has 0 radical (unpaired) electrons. The highest BCUT2D eigenvalue weighted by Gasteiger charge is 2.64. The molecule has 8 heterocycles. The number of aromatic hydroxyl groups is 1. The second kappa shape index (κ2) is 12.4. The first kappa shape index (κ1) is 34.1. The maximum Gasteiger partial charge on any atom is 0.341 e. The van der Waals surface area contributed by atoms with Crippen LogP contribution in [0.25, 0.3) is 22.2 Å². The molecule has 0 saturated carbocycles. The van der Waals surface area contributed by atoms with Crippen molar-refractivity contribution in [2.24, 2.45) is 4.99 Å². The molecule has 278 valence electrons. The van der Waals surface area contributed by atoms with Gasteiger partial charge in [0, 0.05) is 53.7 Å². The van der Waals surface area contributed by atoms with Crippen LogP contribution < -0.4 is 21.6 Å². The number of aromatic nitrogens is 2. The molecule has 0 amide bonds. The largest absolute Gasteiger partial charge is 0.507 e. The van der Waals surface area contributed by atoms with E-state index >= 15 is 0 Å². The van der Waals surface area contributed by atoms with Gasteiger partial charge in [-0.25, -0.2) is 14.8 Å². The third-order valence-corrected chi connectivity index (χ3v) is 11.3. The van der Waals surface area contributed by atoms with Gasteiger partial charge in [-0.1, -0.05) is 6.42 Å². The number of phenolic OH excluding ortho intramolecular Hbond substituents is 1. The monoisotopic (exact) mass is 730 g/mol. The van der Waals surface area contributed by atoms with Crippen molar-refractivity contribution in [3.63, 3.8) is 0 Å². The van der Waals surface area contributed by atoms with Gasteiger partial charge in [0.05, 0.1) is 29.7 Å². The van der Waals surface area contributed by atoms with Crippen molar-refractivity contribution in [3.05, 3.63) is 92.7 Å². The van der Waals surface area contributed by atoms with Crippen molar-refractivity contribution in [1.82, 2.24) is 14.9 Å². The van der Waals surface area contributed by atoms with E-state index < -0.39 is 29.2 Å². The number of carbonyl (C=O) groups is 1. The van der Waals surface area contributed by atoms with Crippen LogP contribution >= 0.6 is 0 Å². The van der Waals surface area contributed by atoms with E-state index in [1.807, 2.05) is 50.5 Å². The lowest BCUT2D eigenvalue weighted by Gasteiger charge is -2.44. The Labute approximate surface area is 311 Å². The third kappa shape index (κ3) is 5.87. The Balaban J connectivity index is 0.921. The molecule has 5 aliphatic heterocycles. The van der Waals surface area contributed by atoms with Crippen LogP contribution in [-0.2, 0) is 27.2 Å². The number of benzene rings is 1. The van der Waals surface area contributed by atoms with Gasteiger partial charge in [0.25, 0.3) is 0 Å². The number of aryl methyl sites for hydroxylation is 2. The van der Waals surface area contributed by atoms with Crippen molar-refractivity contribution >= 4 is 34.8 Å². The molecular formula is C41H42N6O7. The van der Waals surface area contributed by atoms with E-state index in [9.17, 15) is 14.7 Å². The zero-order chi connectivity index (χ0) is 37.5. The molecule has 9 rings (SSSR count). The SMILES string of the molecule is Cc1cc(=O)c2c(O)c3c(cc2o1)OC(C)(C)[C@@H]1OC(=O)[C@@]2(CCCC[C@H]31)O[C@@H]2CCc1cc(N)nc(-c2cc(N)nc(CN3C=C4N=CC=C4C3)c2)c1. The number of carbonyl (C=O) groups excluding carboxylic acids is 1. The Kier molecular flexibility index (Phi) is 7.86. The molecule has 5 N–H and O–H groups in total. The number of phenols is 1. The second-order valence-corrected chi connectivity index (χ2v) is 15.6. The minimum atomic E-state index is -1.07. The number of allylic oxidation sites excluding steroid dienone is 1. The molecule has 1 aromatic carbocycles. The van der Waals surface area contributed by atoms with Crippen molar-refractivity contribution in [2.75, 3.05) is 18.0 Å². The number of esters is 1. The standard InChI is InChI=1S/C41H42N6O7/c1-21-12-29(48)36-30(51-21)17-31-35(37(36)49)26-6-4-5-10-41(39(50)52-38(26)40(2,3)53-31)32(54-41)8-7-22-13-27(46-33(42)14-22)24-15-25(45-34(43)16-24)19-47-18-23-9-11-44-28(23)20-47/h9,11-17,20,26,32,38,49H,4-8,10,18-19H2,1-3H3,(H2,42,46)(H2,43,45)/t26-,32-,38-,41+/m1/s1. The minimum Gasteiger partial charge on any atom is -0.507 e. The normalized spacial score (nSPS) is 25.1. The highest BCUT2D eigenvalue weighted by atomic mass is 16.7. The zero-order valence-electron chi connectivity index (χ0n) is 30.4. The Bertz CT molecular complexity index is 2400. The summed E-state index contributed by atoms with van der Waals surface area (Å²) in [6.07, 6.45) is 8.58. The molecule has 54 heavy (non-hydrogen) atoms. The summed E-state index contributed by atoms with van der Waals surface area (Å²) in [5.74, 6) is 0.610. The van der Waals surface area contributed by atoms with Gasteiger partial charge in [-0.05, 0) is 88.8 Å². The number of anilines is 2. The van der Waals surface area contributed by atoms with Crippen molar-refractivity contribution in [2.45, 2.75) is 95.2 Å². The van der Waals surface area contributed by atoms with E-state index in [0.29, 0.717) is 66.6 Å². The average molecular weight is 731 g/mol. The van der Waals surface area contributed by atoms with E-state index in [1.165, 1.54) is 11.6 Å². The Morgan fingerprint density at radius 3 is 2.70 bits per heavy atom. The predicted octanol–water partition coefficient (Wildman–Crippen LogP) is 5.61. The van der Waals surface area contributed by atoms with Crippen LogP contribution in [0, 0.1) is 6.92 Å². The molecule has 4 aromatic rings. The van der Waals surface area contributed by atoms with Gasteiger partial charge >= 0.3 is 5.97 Å². The number of hydrogen-bond acceptors (Lipinski definition) is 13. The number of aliphatic imine (C=N–C) groups is 1. The summed E-state index contributed by atoms with van der Waals surface area (Å²) in [5, 5.41) is 11.6. The first-order valence-corrected chi connectivity index (χ1v) is 18.5. The van der Waals surface area contributed by atoms with Crippen LogP contribution in [0.3, 0.4) is 0 Å². The lowest BCUT2D eigenvalue weighted by atomic mass is 9.77. The summed E-state index contributed by atoms with van der Waals surface area (Å²) in [5.41, 5.74) is 16.4. The number of pyridine rings is 2. The maximum absolute atomic E-state index is 14.1. The highest BCUT2D eigenvalue weighted by Crippen LogP contribution is 2.53. The fourth-order valence-corrected chi connectivity index (χ4v) is 8.75. The Hall–Kier alpha value is -5.69. The summed E-state index contributed by atoms with van der Waals surface area (Å²) in [6, 6.07) is 10.6. The Morgan fingerprint density at radius 1 is 1.04 bits per heavy atom. The quantitative estimate of drug-likeness (QED) is 0.164. The van der Waals surface area contributed by atoms with Gasteiger partial charge in [-0.2, -0.15) is 0 Å². The van der Waals surface area contributed by atoms with Gasteiger partial charge in [-0.3, -0.25) is 9.79 Å². The van der Waals surface area contributed by atoms with E-state index in [-0.39, 0.29) is 28.3 Å². The van der Waals surface area contributed by atoms with Crippen LogP contribution in [0.5, 0.6) is 11.5 Å². The molecule has 2 saturated heterocycles. The Morgan fingerprint density at radius 2 is 1.87 bits per heavy atom. The molecule has 0 aliphatic carbocycles. The van der Waals surface area contributed by atoms with E-state index in [2.05, 4.69) is 19.9 Å². The van der Waals surface area contributed by atoms with Crippen LogP contribution in [0.1, 0.15) is 74.5 Å². The number of nitrogens with two attached hydrogens (primary N) is 2. The summed E-state index contributed by atoms with van der Waals surface area (Å²) >= 11 is 0. The van der Waals surface area contributed by atoms with Crippen molar-refractivity contribution in [3.8, 4) is 22.8 Å². The molecule has 4 atom stereocenters. The van der Waals surface area contributed by atoms with Gasteiger partial charge in [0.15, 0.2) is 11.0 Å². The van der Waals surface area contributed by atoms with Crippen LogP contribution in [-0.4, -0.2) is 62.1 Å². The minimum absolute atomic E-state index is 0.0953. The number of ether oxygens (including phenoxy) is 3. The molecular weight excluding hydrogens is 688 g/mol. The highest BCUT2D eigenvalue weighted by molar-refractivity contribution is 5.88. The van der Waals surface area contributed by atoms with Crippen LogP contribution in [0.15, 0.2) is 74.1 Å². The maximum atomic E-state index is 14.1. The average Bonchev–Trinajstić information content (AvgIpc) is 3.38. The topological polar surface area (TPSA) is 192 Å². The third-order valence-electron chi connectivity index (χ3n) is 11.3. The van der Waals surface area contributed by atoms with E-state index in [4.69, 9.17) is 30.1 Å². The lowest BCUT2D eigenvalue weighted by Crippen LogP contribution is -2.52. The van der Waals surface area contributed by atoms with Gasteiger partial charge < -0.3 is 40.1 Å². The van der Waals surface area contributed by atoms with E-state index in [0.717, 1.165) is 41.9 Å². The second-order valence-electron chi connectivity index (χ2n) is 15.6. The molecule has 2 fully saturated rings. The molecule has 0 unspecified atom stereocenters. The number of fused-ring (bicyclic) bond motifs is 5. The summed E-state index contributed by atoms with van der Waals surface area (Å²) in [7, 11) is 0. The fourth-order valence-electron chi connectivity index (χ4n) is 8.75. The molecule has 1 spiro atoms. The first-order chi connectivity index (χ1) is 25.9. The number of nitrogens with zero attached hydrogens (tertiary/aromatic N) is 4. The summed E-state index contributed by atoms with van der Waals surface area (Å²) < 4.78 is 24.8. The molecule has 13 nitrogen and oxygen atoms in total. The molecule has 0 bridgehead atoms. The molecule has 13 heteroatoms. The first-order valence-electron chi connectivity index (χ1n) is 18.5. The number of rotatable bonds is 6. The number of nitrogen functional groups attached to an aromatic ring is 2.